The highest BCUT2D eigenvalue weighted by Crippen LogP contribution is 2.29. The summed E-state index contributed by atoms with van der Waals surface area (Å²) >= 11 is 0. The molecule has 1 aromatic carbocycles. The van der Waals surface area contributed by atoms with Crippen molar-refractivity contribution < 1.29 is 14.3 Å². The zero-order valence-corrected chi connectivity index (χ0v) is 11.8. The number of rotatable bonds is 4. The number of benzene rings is 1. The lowest BCUT2D eigenvalue weighted by Crippen LogP contribution is -2.38. The average molecular weight is 274 g/mol. The molecule has 0 saturated carbocycles. The van der Waals surface area contributed by atoms with E-state index in [9.17, 15) is 4.79 Å². The first-order valence-corrected chi connectivity index (χ1v) is 6.69. The fourth-order valence-electron chi connectivity index (χ4n) is 2.27. The van der Waals surface area contributed by atoms with Crippen LogP contribution in [0.4, 0.5) is 0 Å². The number of nitriles is 1. The minimum absolute atomic E-state index is 0.00564. The van der Waals surface area contributed by atoms with Crippen LogP contribution >= 0.6 is 0 Å². The molecule has 5 heteroatoms. The molecule has 1 atom stereocenters. The standard InChI is InChI=1S/C15H18N2O3/c1-11(15(18)17-7-3-4-8-17)20-13-6-5-12(10-16)9-14(13)19-2/h5-6,9,11H,3-4,7-8H2,1-2H3/t11-/m0/s1. The number of hydrogen-bond acceptors (Lipinski definition) is 4. The number of carbonyl (C=O) groups excluding carboxylic acids is 1. The van der Waals surface area contributed by atoms with Gasteiger partial charge in [-0.3, -0.25) is 4.79 Å². The molecule has 1 aliphatic heterocycles. The number of methoxy groups -OCH3 is 1. The molecule has 106 valence electrons. The Morgan fingerprint density at radius 1 is 1.35 bits per heavy atom. The van der Waals surface area contributed by atoms with Crippen LogP contribution in [0.25, 0.3) is 0 Å². The van der Waals surface area contributed by atoms with Gasteiger partial charge in [0, 0.05) is 19.2 Å². The number of likely N-dealkylation sites (tertiary alicyclic amines) is 1. The van der Waals surface area contributed by atoms with Crippen LogP contribution in [0, 0.1) is 11.3 Å². The van der Waals surface area contributed by atoms with Crippen LogP contribution in [-0.4, -0.2) is 37.1 Å². The second-order valence-electron chi connectivity index (χ2n) is 4.77. The first-order valence-electron chi connectivity index (χ1n) is 6.69. The predicted molar refractivity (Wildman–Crippen MR) is 73.6 cm³/mol. The van der Waals surface area contributed by atoms with Crippen molar-refractivity contribution in [3.63, 3.8) is 0 Å². The summed E-state index contributed by atoms with van der Waals surface area (Å²) in [5, 5.41) is 8.85. The Hall–Kier alpha value is -2.22. The Balaban J connectivity index is 2.09. The summed E-state index contributed by atoms with van der Waals surface area (Å²) in [7, 11) is 1.51. The zero-order chi connectivity index (χ0) is 14.5. The van der Waals surface area contributed by atoms with Crippen molar-refractivity contribution in [1.82, 2.24) is 4.90 Å². The van der Waals surface area contributed by atoms with Gasteiger partial charge in [0.15, 0.2) is 17.6 Å². The second kappa shape index (κ2) is 6.29. The van der Waals surface area contributed by atoms with Crippen molar-refractivity contribution in [2.75, 3.05) is 20.2 Å². The highest BCUT2D eigenvalue weighted by atomic mass is 16.5. The lowest BCUT2D eigenvalue weighted by atomic mass is 10.2. The highest BCUT2D eigenvalue weighted by Gasteiger charge is 2.25. The van der Waals surface area contributed by atoms with Gasteiger partial charge >= 0.3 is 0 Å². The predicted octanol–water partition coefficient (Wildman–Crippen LogP) is 1.96. The first-order chi connectivity index (χ1) is 9.65. The quantitative estimate of drug-likeness (QED) is 0.842. The maximum atomic E-state index is 12.2. The molecule has 1 saturated heterocycles. The van der Waals surface area contributed by atoms with E-state index in [0.717, 1.165) is 25.9 Å². The number of ether oxygens (including phenoxy) is 2. The summed E-state index contributed by atoms with van der Waals surface area (Å²) in [5.74, 6) is 0.936. The van der Waals surface area contributed by atoms with Gasteiger partial charge in [-0.05, 0) is 31.9 Å². The SMILES string of the molecule is COc1cc(C#N)ccc1O[C@@H](C)C(=O)N1CCCC1. The topological polar surface area (TPSA) is 62.6 Å². The molecule has 0 unspecified atom stereocenters. The van der Waals surface area contributed by atoms with Gasteiger partial charge in [0.2, 0.25) is 0 Å². The monoisotopic (exact) mass is 274 g/mol. The molecule has 0 aliphatic carbocycles. The van der Waals surface area contributed by atoms with Gasteiger partial charge in [-0.1, -0.05) is 0 Å². The third-order valence-electron chi connectivity index (χ3n) is 3.36. The molecular weight excluding hydrogens is 256 g/mol. The normalized spacial score (nSPS) is 15.6. The van der Waals surface area contributed by atoms with Crippen LogP contribution in [0.2, 0.25) is 0 Å². The molecule has 1 aliphatic rings. The lowest BCUT2D eigenvalue weighted by molar-refractivity contribution is -0.136. The van der Waals surface area contributed by atoms with Crippen molar-refractivity contribution in [3.8, 4) is 17.6 Å². The minimum atomic E-state index is -0.560. The van der Waals surface area contributed by atoms with Gasteiger partial charge in [0.1, 0.15) is 0 Å². The largest absolute Gasteiger partial charge is 0.493 e. The maximum Gasteiger partial charge on any atom is 0.263 e. The summed E-state index contributed by atoms with van der Waals surface area (Å²) in [4.78, 5) is 14.0. The summed E-state index contributed by atoms with van der Waals surface area (Å²) in [5.41, 5.74) is 0.493. The third kappa shape index (κ3) is 3.02. The summed E-state index contributed by atoms with van der Waals surface area (Å²) in [6, 6.07) is 6.94. The Labute approximate surface area is 118 Å². The van der Waals surface area contributed by atoms with Gasteiger partial charge in [-0.2, -0.15) is 5.26 Å². The smallest absolute Gasteiger partial charge is 0.263 e. The van der Waals surface area contributed by atoms with E-state index in [0.29, 0.717) is 17.1 Å². The molecule has 0 spiro atoms. The molecule has 20 heavy (non-hydrogen) atoms. The van der Waals surface area contributed by atoms with Crippen molar-refractivity contribution in [2.45, 2.75) is 25.9 Å². The fourth-order valence-corrected chi connectivity index (χ4v) is 2.27. The Kier molecular flexibility index (Phi) is 4.46. The van der Waals surface area contributed by atoms with Crippen molar-refractivity contribution in [3.05, 3.63) is 23.8 Å². The molecular formula is C15H18N2O3. The van der Waals surface area contributed by atoms with Gasteiger partial charge in [-0.15, -0.1) is 0 Å². The van der Waals surface area contributed by atoms with Crippen molar-refractivity contribution in [2.24, 2.45) is 0 Å². The zero-order valence-electron chi connectivity index (χ0n) is 11.8. The highest BCUT2D eigenvalue weighted by molar-refractivity contribution is 5.81. The summed E-state index contributed by atoms with van der Waals surface area (Å²) < 4.78 is 10.9. The van der Waals surface area contributed by atoms with Crippen LogP contribution < -0.4 is 9.47 Å². The van der Waals surface area contributed by atoms with Crippen LogP contribution in [0.3, 0.4) is 0 Å². The summed E-state index contributed by atoms with van der Waals surface area (Å²) in [6.07, 6.45) is 1.55. The molecule has 1 heterocycles. The van der Waals surface area contributed by atoms with E-state index in [1.54, 1.807) is 25.1 Å². The van der Waals surface area contributed by atoms with Gasteiger partial charge in [0.25, 0.3) is 5.91 Å². The molecule has 1 amide bonds. The lowest BCUT2D eigenvalue weighted by Gasteiger charge is -2.22. The van der Waals surface area contributed by atoms with E-state index in [2.05, 4.69) is 0 Å². The van der Waals surface area contributed by atoms with Crippen LogP contribution in [0.1, 0.15) is 25.3 Å². The molecule has 1 aromatic rings. The fraction of sp³-hybridized carbons (Fsp3) is 0.467. The molecule has 0 radical (unpaired) electrons. The molecule has 0 N–H and O–H groups in total. The van der Waals surface area contributed by atoms with Crippen molar-refractivity contribution in [1.29, 1.82) is 5.26 Å². The van der Waals surface area contributed by atoms with Crippen molar-refractivity contribution >= 4 is 5.91 Å². The van der Waals surface area contributed by atoms with E-state index < -0.39 is 6.10 Å². The number of hydrogen-bond donors (Lipinski definition) is 0. The molecule has 2 rings (SSSR count). The van der Waals surface area contributed by atoms with E-state index in [-0.39, 0.29) is 5.91 Å². The molecule has 0 bridgehead atoms. The van der Waals surface area contributed by atoms with Crippen LogP contribution in [-0.2, 0) is 4.79 Å². The number of nitrogens with zero attached hydrogens (tertiary/aromatic N) is 2. The van der Waals surface area contributed by atoms with Gasteiger partial charge in [0.05, 0.1) is 18.7 Å². The van der Waals surface area contributed by atoms with E-state index in [1.807, 2.05) is 11.0 Å². The molecule has 0 aromatic heterocycles. The van der Waals surface area contributed by atoms with E-state index in [1.165, 1.54) is 7.11 Å². The van der Waals surface area contributed by atoms with Crippen LogP contribution in [0.15, 0.2) is 18.2 Å². The molecule has 1 fully saturated rings. The Bertz CT molecular complexity index is 530. The number of amides is 1. The average Bonchev–Trinajstić information content (AvgIpc) is 3.00. The van der Waals surface area contributed by atoms with Gasteiger partial charge < -0.3 is 14.4 Å². The van der Waals surface area contributed by atoms with Crippen LogP contribution in [0.5, 0.6) is 11.5 Å². The Morgan fingerprint density at radius 3 is 2.65 bits per heavy atom. The minimum Gasteiger partial charge on any atom is -0.493 e. The van der Waals surface area contributed by atoms with E-state index >= 15 is 0 Å². The first kappa shape index (κ1) is 14.2. The molecule has 5 nitrogen and oxygen atoms in total. The summed E-state index contributed by atoms with van der Waals surface area (Å²) in [6.45, 7) is 3.34. The maximum absolute atomic E-state index is 12.2. The Morgan fingerprint density at radius 2 is 2.05 bits per heavy atom. The third-order valence-corrected chi connectivity index (χ3v) is 3.36. The number of carbonyl (C=O) groups is 1. The van der Waals surface area contributed by atoms with Gasteiger partial charge in [-0.25, -0.2) is 0 Å². The van der Waals surface area contributed by atoms with E-state index in [4.69, 9.17) is 14.7 Å². The second-order valence-corrected chi connectivity index (χ2v) is 4.77.